The number of rotatable bonds is 4. The van der Waals surface area contributed by atoms with Crippen molar-refractivity contribution in [3.8, 4) is 11.3 Å². The Hall–Kier alpha value is -3.25. The number of aromatic nitrogens is 5. The van der Waals surface area contributed by atoms with Gasteiger partial charge in [-0.15, -0.1) is 22.0 Å². The first-order chi connectivity index (χ1) is 13.8. The molecule has 0 atom stereocenters. The van der Waals surface area contributed by atoms with Crippen molar-refractivity contribution < 1.29 is 0 Å². The first-order valence-electron chi connectivity index (χ1n) is 8.99. The number of nitrogens with zero attached hydrogens (tertiary/aromatic N) is 5. The summed E-state index contributed by atoms with van der Waals surface area (Å²) in [7, 11) is 0. The molecule has 0 N–H and O–H groups in total. The van der Waals surface area contributed by atoms with Gasteiger partial charge in [-0.25, -0.2) is 0 Å². The molecule has 0 unspecified atom stereocenters. The van der Waals surface area contributed by atoms with E-state index in [4.69, 9.17) is 5.10 Å². The minimum Gasteiger partial charge on any atom is -0.256 e. The normalized spacial score (nSPS) is 11.3. The summed E-state index contributed by atoms with van der Waals surface area (Å²) in [6, 6.07) is 22.7. The van der Waals surface area contributed by atoms with E-state index in [0.717, 1.165) is 39.2 Å². The number of hydrogen-bond acceptors (Lipinski definition) is 5. The smallest absolute Gasteiger partial charge is 0.177 e. The molecule has 5 aromatic rings. The molecule has 0 radical (unpaired) electrons. The summed E-state index contributed by atoms with van der Waals surface area (Å²) in [5.74, 6) is 0.820. The molecule has 0 bridgehead atoms. The summed E-state index contributed by atoms with van der Waals surface area (Å²) < 4.78 is 1.84. The van der Waals surface area contributed by atoms with Gasteiger partial charge in [-0.05, 0) is 54.3 Å². The fourth-order valence-electron chi connectivity index (χ4n) is 3.28. The van der Waals surface area contributed by atoms with Crippen LogP contribution in [-0.2, 0) is 6.42 Å². The highest BCUT2D eigenvalue weighted by Crippen LogP contribution is 2.22. The maximum absolute atomic E-state index is 4.79. The molecule has 0 aliphatic rings. The van der Waals surface area contributed by atoms with Gasteiger partial charge in [0.05, 0.1) is 11.2 Å². The van der Waals surface area contributed by atoms with Crippen LogP contribution in [0.2, 0.25) is 0 Å². The SMILES string of the molecule is CSc1ccc(-c2ccc3nnc(Cc4ccc5ncccc5c4)n3n2)cc1. The van der Waals surface area contributed by atoms with Gasteiger partial charge in [-0.2, -0.15) is 9.61 Å². The molecule has 0 aliphatic carbocycles. The van der Waals surface area contributed by atoms with Crippen LogP contribution in [0.5, 0.6) is 0 Å². The van der Waals surface area contributed by atoms with E-state index in [2.05, 4.69) is 63.9 Å². The van der Waals surface area contributed by atoms with E-state index >= 15 is 0 Å². The summed E-state index contributed by atoms with van der Waals surface area (Å²) >= 11 is 1.73. The molecule has 5 rings (SSSR count). The Morgan fingerprint density at radius 3 is 2.68 bits per heavy atom. The van der Waals surface area contributed by atoms with Gasteiger partial charge in [-0.1, -0.05) is 24.3 Å². The van der Waals surface area contributed by atoms with Gasteiger partial charge in [0.1, 0.15) is 0 Å². The number of pyridine rings is 1. The van der Waals surface area contributed by atoms with Gasteiger partial charge < -0.3 is 0 Å². The number of thioether (sulfide) groups is 1. The van der Waals surface area contributed by atoms with Crippen LogP contribution in [0.4, 0.5) is 0 Å². The van der Waals surface area contributed by atoms with E-state index in [1.807, 2.05) is 35.0 Å². The van der Waals surface area contributed by atoms with Gasteiger partial charge >= 0.3 is 0 Å². The third-order valence-corrected chi connectivity index (χ3v) is 5.49. The molecular formula is C22H17N5S. The van der Waals surface area contributed by atoms with Crippen LogP contribution in [0, 0.1) is 0 Å². The monoisotopic (exact) mass is 383 g/mol. The fourth-order valence-corrected chi connectivity index (χ4v) is 3.69. The highest BCUT2D eigenvalue weighted by Gasteiger charge is 2.10. The third kappa shape index (κ3) is 3.12. The second kappa shape index (κ2) is 7.05. The molecule has 0 fully saturated rings. The topological polar surface area (TPSA) is 56.0 Å². The molecule has 136 valence electrons. The van der Waals surface area contributed by atoms with Crippen molar-refractivity contribution in [2.45, 2.75) is 11.3 Å². The quantitative estimate of drug-likeness (QED) is 0.423. The first-order valence-corrected chi connectivity index (χ1v) is 10.2. The van der Waals surface area contributed by atoms with Crippen molar-refractivity contribution in [1.29, 1.82) is 0 Å². The Bertz CT molecular complexity index is 1280. The summed E-state index contributed by atoms with van der Waals surface area (Å²) in [6.45, 7) is 0. The molecule has 0 saturated carbocycles. The van der Waals surface area contributed by atoms with Crippen molar-refractivity contribution in [3.63, 3.8) is 0 Å². The maximum atomic E-state index is 4.79. The molecule has 28 heavy (non-hydrogen) atoms. The van der Waals surface area contributed by atoms with Gasteiger partial charge in [0.15, 0.2) is 11.5 Å². The average Bonchev–Trinajstić information content (AvgIpc) is 3.16. The molecule has 2 aromatic carbocycles. The molecule has 0 aliphatic heterocycles. The lowest BCUT2D eigenvalue weighted by Gasteiger charge is -2.05. The van der Waals surface area contributed by atoms with E-state index in [1.165, 1.54) is 4.90 Å². The molecule has 0 amide bonds. The third-order valence-electron chi connectivity index (χ3n) is 4.74. The largest absolute Gasteiger partial charge is 0.256 e. The van der Waals surface area contributed by atoms with E-state index in [-0.39, 0.29) is 0 Å². The zero-order valence-corrected chi connectivity index (χ0v) is 16.1. The standard InChI is InChI=1S/C22H17N5S/c1-28-18-7-5-16(6-8-18)20-10-11-21-24-25-22(27(21)26-20)14-15-4-9-19-17(13-15)3-2-12-23-19/h2-13H,14H2,1H3. The Morgan fingerprint density at radius 1 is 0.929 bits per heavy atom. The lowest BCUT2D eigenvalue weighted by Crippen LogP contribution is -2.01. The number of hydrogen-bond donors (Lipinski definition) is 0. The van der Waals surface area contributed by atoms with Crippen LogP contribution in [0.3, 0.4) is 0 Å². The van der Waals surface area contributed by atoms with Crippen LogP contribution in [0.1, 0.15) is 11.4 Å². The highest BCUT2D eigenvalue weighted by molar-refractivity contribution is 7.98. The second-order valence-corrected chi connectivity index (χ2v) is 7.42. The van der Waals surface area contributed by atoms with Gasteiger partial charge in [0, 0.05) is 28.5 Å². The number of benzene rings is 2. The second-order valence-electron chi connectivity index (χ2n) is 6.54. The van der Waals surface area contributed by atoms with E-state index in [9.17, 15) is 0 Å². The highest BCUT2D eigenvalue weighted by atomic mass is 32.2. The predicted octanol–water partition coefficient (Wildman–Crippen LogP) is 4.65. The molecule has 6 heteroatoms. The molecule has 0 spiro atoms. The minimum atomic E-state index is 0.661. The Labute approximate surface area is 166 Å². The predicted molar refractivity (Wildman–Crippen MR) is 113 cm³/mol. The van der Waals surface area contributed by atoms with Crippen molar-refractivity contribution in [3.05, 3.63) is 84.3 Å². The Kier molecular flexibility index (Phi) is 4.25. The minimum absolute atomic E-state index is 0.661. The van der Waals surface area contributed by atoms with E-state index in [0.29, 0.717) is 6.42 Å². The summed E-state index contributed by atoms with van der Waals surface area (Å²) in [5.41, 5.74) is 4.89. The molecule has 3 heterocycles. The van der Waals surface area contributed by atoms with Crippen LogP contribution in [0.25, 0.3) is 27.8 Å². The van der Waals surface area contributed by atoms with Crippen LogP contribution in [0.15, 0.2) is 77.8 Å². The van der Waals surface area contributed by atoms with Gasteiger partial charge in [-0.3, -0.25) is 4.98 Å². The van der Waals surface area contributed by atoms with Crippen molar-refractivity contribution in [2.75, 3.05) is 6.26 Å². The Balaban J connectivity index is 1.51. The molecule has 5 nitrogen and oxygen atoms in total. The summed E-state index contributed by atoms with van der Waals surface area (Å²) in [6.07, 6.45) is 4.55. The van der Waals surface area contributed by atoms with Crippen molar-refractivity contribution in [2.24, 2.45) is 0 Å². The van der Waals surface area contributed by atoms with Gasteiger partial charge in [0.2, 0.25) is 0 Å². The lowest BCUT2D eigenvalue weighted by molar-refractivity contribution is 0.842. The number of fused-ring (bicyclic) bond motifs is 2. The van der Waals surface area contributed by atoms with Crippen molar-refractivity contribution >= 4 is 28.3 Å². The van der Waals surface area contributed by atoms with Crippen LogP contribution in [-0.4, -0.2) is 31.1 Å². The fraction of sp³-hybridized carbons (Fsp3) is 0.0909. The van der Waals surface area contributed by atoms with Crippen molar-refractivity contribution in [1.82, 2.24) is 24.8 Å². The maximum Gasteiger partial charge on any atom is 0.177 e. The van der Waals surface area contributed by atoms with E-state index in [1.54, 1.807) is 11.8 Å². The lowest BCUT2D eigenvalue weighted by atomic mass is 10.1. The van der Waals surface area contributed by atoms with E-state index < -0.39 is 0 Å². The average molecular weight is 383 g/mol. The molecular weight excluding hydrogens is 366 g/mol. The van der Waals surface area contributed by atoms with Crippen LogP contribution < -0.4 is 0 Å². The Morgan fingerprint density at radius 2 is 1.82 bits per heavy atom. The molecule has 0 saturated heterocycles. The van der Waals surface area contributed by atoms with Crippen LogP contribution >= 0.6 is 11.8 Å². The molecule has 3 aromatic heterocycles. The summed E-state index contributed by atoms with van der Waals surface area (Å²) in [5, 5.41) is 14.6. The zero-order valence-electron chi connectivity index (χ0n) is 15.3. The first kappa shape index (κ1) is 16.9. The summed E-state index contributed by atoms with van der Waals surface area (Å²) in [4.78, 5) is 5.62. The van der Waals surface area contributed by atoms with Gasteiger partial charge in [0.25, 0.3) is 0 Å². The zero-order chi connectivity index (χ0) is 18.9.